The minimum atomic E-state index is -0.207. The predicted molar refractivity (Wildman–Crippen MR) is 78.7 cm³/mol. The quantitative estimate of drug-likeness (QED) is 0.591. The fourth-order valence-electron chi connectivity index (χ4n) is 4.00. The molecule has 2 aliphatic carbocycles. The number of nitrogens with zero attached hydrogens (tertiary/aromatic N) is 2. The molecule has 0 N–H and O–H groups in total. The average molecular weight is 298 g/mol. The zero-order chi connectivity index (χ0) is 14.9. The number of rotatable bonds is 1. The van der Waals surface area contributed by atoms with E-state index in [9.17, 15) is 14.9 Å². The summed E-state index contributed by atoms with van der Waals surface area (Å²) in [6.45, 7) is 3.78. The van der Waals surface area contributed by atoms with Crippen molar-refractivity contribution in [2.75, 3.05) is 4.90 Å². The van der Waals surface area contributed by atoms with Crippen LogP contribution in [-0.4, -0.2) is 11.8 Å². The van der Waals surface area contributed by atoms with Crippen LogP contribution in [0, 0.1) is 48.9 Å². The third kappa shape index (κ3) is 1.43. The van der Waals surface area contributed by atoms with Gasteiger partial charge in [-0.3, -0.25) is 9.59 Å². The first-order valence-corrected chi connectivity index (χ1v) is 7.92. The van der Waals surface area contributed by atoms with Gasteiger partial charge in [-0.05, 0) is 37.7 Å². The van der Waals surface area contributed by atoms with Crippen molar-refractivity contribution in [2.24, 2.45) is 23.7 Å². The molecule has 1 aliphatic heterocycles. The maximum Gasteiger partial charge on any atom is 0.238 e. The molecular weight excluding hydrogens is 284 g/mol. The maximum atomic E-state index is 12.7. The SMILES string of the molecule is Cc1sc(N2C(=O)[C@@H]3[C@@H](C2=O)[C@H]2C=C[C@H]3C2)c(C#N)c1C. The van der Waals surface area contributed by atoms with E-state index < -0.39 is 0 Å². The van der Waals surface area contributed by atoms with Crippen molar-refractivity contribution >= 4 is 28.2 Å². The Hall–Kier alpha value is -1.93. The smallest absolute Gasteiger partial charge is 0.238 e. The molecular formula is C16H14N2O2S. The van der Waals surface area contributed by atoms with Crippen LogP contribution in [-0.2, 0) is 9.59 Å². The third-order valence-corrected chi connectivity index (χ3v) is 6.34. The molecule has 1 aromatic rings. The van der Waals surface area contributed by atoms with Crippen LogP contribution in [0.2, 0.25) is 0 Å². The summed E-state index contributed by atoms with van der Waals surface area (Å²) in [5, 5.41) is 9.88. The van der Waals surface area contributed by atoms with Gasteiger partial charge in [-0.2, -0.15) is 5.26 Å². The second-order valence-electron chi connectivity index (χ2n) is 6.09. The molecule has 4 atom stereocenters. The molecule has 0 spiro atoms. The first kappa shape index (κ1) is 12.8. The average Bonchev–Trinajstić information content (AvgIpc) is 3.17. The number of anilines is 1. The standard InChI is InChI=1S/C16H14N2O2S/c1-7-8(2)21-16(11(7)6-17)18-14(19)12-9-3-4-10(5-9)13(12)15(18)20/h3-4,9-10,12-13H,5H2,1-2H3/t9-,10-,12-,13-/m0/s1. The normalized spacial score (nSPS) is 32.9. The Morgan fingerprint density at radius 2 is 1.76 bits per heavy atom. The van der Waals surface area contributed by atoms with Crippen molar-refractivity contribution in [1.29, 1.82) is 5.26 Å². The van der Waals surface area contributed by atoms with Gasteiger partial charge in [0.2, 0.25) is 11.8 Å². The molecule has 0 radical (unpaired) electrons. The molecule has 2 bridgehead atoms. The van der Waals surface area contributed by atoms with Gasteiger partial charge in [0.15, 0.2) is 0 Å². The van der Waals surface area contributed by atoms with Gasteiger partial charge in [-0.25, -0.2) is 4.90 Å². The largest absolute Gasteiger partial charge is 0.274 e. The van der Waals surface area contributed by atoms with Gasteiger partial charge in [0.05, 0.1) is 17.4 Å². The minimum Gasteiger partial charge on any atom is -0.274 e. The number of hydrogen-bond acceptors (Lipinski definition) is 4. The van der Waals surface area contributed by atoms with Crippen LogP contribution < -0.4 is 4.90 Å². The summed E-state index contributed by atoms with van der Waals surface area (Å²) in [7, 11) is 0. The summed E-state index contributed by atoms with van der Waals surface area (Å²) in [6, 6.07) is 2.16. The molecule has 1 saturated carbocycles. The Balaban J connectivity index is 1.82. The number of imide groups is 1. The summed E-state index contributed by atoms with van der Waals surface area (Å²) in [4.78, 5) is 27.8. The molecule has 21 heavy (non-hydrogen) atoms. The summed E-state index contributed by atoms with van der Waals surface area (Å²) in [5.74, 6) is -0.231. The van der Waals surface area contributed by atoms with Crippen LogP contribution in [0.5, 0.6) is 0 Å². The lowest BCUT2D eigenvalue weighted by Gasteiger charge is -2.15. The second kappa shape index (κ2) is 4.05. The van der Waals surface area contributed by atoms with Crippen LogP contribution in [0.1, 0.15) is 22.4 Å². The molecule has 4 rings (SSSR count). The minimum absolute atomic E-state index is 0.111. The van der Waals surface area contributed by atoms with Gasteiger partial charge in [-0.1, -0.05) is 12.2 Å². The van der Waals surface area contributed by atoms with E-state index in [1.54, 1.807) is 0 Å². The number of amides is 2. The van der Waals surface area contributed by atoms with Gasteiger partial charge in [0.1, 0.15) is 11.1 Å². The van der Waals surface area contributed by atoms with Crippen LogP contribution >= 0.6 is 11.3 Å². The highest BCUT2D eigenvalue weighted by Gasteiger charge is 2.60. The number of nitriles is 1. The Morgan fingerprint density at radius 1 is 1.19 bits per heavy atom. The molecule has 1 saturated heterocycles. The number of allylic oxidation sites excluding steroid dienone is 2. The summed E-state index contributed by atoms with van der Waals surface area (Å²) in [6.07, 6.45) is 5.08. The van der Waals surface area contributed by atoms with Crippen molar-refractivity contribution in [3.8, 4) is 6.07 Å². The Bertz CT molecular complexity index is 725. The molecule has 5 heteroatoms. The lowest BCUT2D eigenvalue weighted by molar-refractivity contribution is -0.123. The first-order chi connectivity index (χ1) is 10.0. The molecule has 2 fully saturated rings. The van der Waals surface area contributed by atoms with Crippen LogP contribution in [0.15, 0.2) is 12.2 Å². The fourth-order valence-corrected chi connectivity index (χ4v) is 5.12. The molecule has 106 valence electrons. The molecule has 1 aromatic heterocycles. The Morgan fingerprint density at radius 3 is 2.29 bits per heavy atom. The number of carbonyl (C=O) groups excluding carboxylic acids is 2. The number of fused-ring (bicyclic) bond motifs is 5. The molecule has 2 amide bonds. The van der Waals surface area contributed by atoms with Crippen LogP contribution in [0.3, 0.4) is 0 Å². The van der Waals surface area contributed by atoms with Gasteiger partial charge in [-0.15, -0.1) is 11.3 Å². The molecule has 3 aliphatic rings. The Labute approximate surface area is 126 Å². The van der Waals surface area contributed by atoms with Crippen molar-refractivity contribution in [3.05, 3.63) is 28.2 Å². The van der Waals surface area contributed by atoms with Crippen molar-refractivity contribution in [1.82, 2.24) is 0 Å². The van der Waals surface area contributed by atoms with E-state index in [4.69, 9.17) is 0 Å². The fraction of sp³-hybridized carbons (Fsp3) is 0.438. The second-order valence-corrected chi connectivity index (χ2v) is 7.29. The van der Waals surface area contributed by atoms with Crippen molar-refractivity contribution in [3.63, 3.8) is 0 Å². The monoisotopic (exact) mass is 298 g/mol. The van der Waals surface area contributed by atoms with Gasteiger partial charge in [0, 0.05) is 4.88 Å². The molecule has 4 nitrogen and oxygen atoms in total. The summed E-state index contributed by atoms with van der Waals surface area (Å²) < 4.78 is 0. The number of hydrogen-bond donors (Lipinski definition) is 0. The molecule has 0 aromatic carbocycles. The maximum absolute atomic E-state index is 12.7. The van der Waals surface area contributed by atoms with E-state index in [0.717, 1.165) is 16.9 Å². The summed E-state index contributed by atoms with van der Waals surface area (Å²) >= 11 is 1.37. The number of carbonyl (C=O) groups is 2. The Kier molecular flexibility index (Phi) is 2.46. The lowest BCUT2D eigenvalue weighted by Crippen LogP contribution is -2.32. The topological polar surface area (TPSA) is 61.2 Å². The molecule has 0 unspecified atom stereocenters. The number of thiophene rings is 1. The van der Waals surface area contributed by atoms with Gasteiger partial charge in [0.25, 0.3) is 0 Å². The van der Waals surface area contributed by atoms with Gasteiger partial charge < -0.3 is 0 Å². The van der Waals surface area contributed by atoms with E-state index in [-0.39, 0.29) is 35.5 Å². The van der Waals surface area contributed by atoms with E-state index in [1.807, 2.05) is 13.8 Å². The van der Waals surface area contributed by atoms with Crippen LogP contribution in [0.25, 0.3) is 0 Å². The third-order valence-electron chi connectivity index (χ3n) is 5.15. The van der Waals surface area contributed by atoms with Crippen LogP contribution in [0.4, 0.5) is 5.00 Å². The number of aryl methyl sites for hydroxylation is 1. The van der Waals surface area contributed by atoms with Crippen molar-refractivity contribution in [2.45, 2.75) is 20.3 Å². The highest BCUT2D eigenvalue weighted by molar-refractivity contribution is 7.17. The lowest BCUT2D eigenvalue weighted by atomic mass is 9.85. The van der Waals surface area contributed by atoms with E-state index in [1.165, 1.54) is 16.2 Å². The summed E-state index contributed by atoms with van der Waals surface area (Å²) in [5.41, 5.74) is 1.34. The highest BCUT2D eigenvalue weighted by atomic mass is 32.1. The highest BCUT2D eigenvalue weighted by Crippen LogP contribution is 2.54. The van der Waals surface area contributed by atoms with E-state index in [0.29, 0.717) is 10.6 Å². The first-order valence-electron chi connectivity index (χ1n) is 7.10. The van der Waals surface area contributed by atoms with Crippen molar-refractivity contribution < 1.29 is 9.59 Å². The zero-order valence-electron chi connectivity index (χ0n) is 11.8. The predicted octanol–water partition coefficient (Wildman–Crippen LogP) is 2.55. The molecule has 2 heterocycles. The van der Waals surface area contributed by atoms with E-state index >= 15 is 0 Å². The van der Waals surface area contributed by atoms with E-state index in [2.05, 4.69) is 18.2 Å². The zero-order valence-corrected chi connectivity index (χ0v) is 12.6. The van der Waals surface area contributed by atoms with Gasteiger partial charge >= 0.3 is 0 Å².